The van der Waals surface area contributed by atoms with Crippen LogP contribution in [0.2, 0.25) is 0 Å². The summed E-state index contributed by atoms with van der Waals surface area (Å²) in [7, 11) is 0. The van der Waals surface area contributed by atoms with Gasteiger partial charge in [-0.05, 0) is 61.0 Å². The van der Waals surface area contributed by atoms with E-state index in [2.05, 4.69) is 22.2 Å². The minimum Gasteiger partial charge on any atom is -0.438 e. The molecule has 4 rings (SSSR count). The second-order valence-corrected chi connectivity index (χ2v) is 7.98. The van der Waals surface area contributed by atoms with Crippen molar-refractivity contribution < 1.29 is 19.1 Å². The molecule has 0 aliphatic carbocycles. The molecule has 0 spiro atoms. The van der Waals surface area contributed by atoms with Crippen LogP contribution in [0.15, 0.2) is 79.4 Å². The number of primary amides is 1. The molecule has 1 fully saturated rings. The number of ether oxygens (including phenoxy) is 1. The molecule has 9 heteroatoms. The summed E-state index contributed by atoms with van der Waals surface area (Å²) in [5, 5.41) is 5.70. The molecule has 1 aromatic heterocycles. The number of nitrogens with two attached hydrogens (primary N) is 1. The monoisotopic (exact) mass is 471 g/mol. The number of nitrogens with one attached hydrogen (secondary N) is 2. The Kier molecular flexibility index (Phi) is 7.06. The second kappa shape index (κ2) is 10.5. The van der Waals surface area contributed by atoms with E-state index >= 15 is 0 Å². The summed E-state index contributed by atoms with van der Waals surface area (Å²) >= 11 is 0. The molecular weight excluding hydrogens is 446 g/mol. The van der Waals surface area contributed by atoms with E-state index in [0.717, 1.165) is 6.42 Å². The lowest BCUT2D eigenvalue weighted by atomic mass is 10.2. The van der Waals surface area contributed by atoms with Gasteiger partial charge in [-0.25, -0.2) is 0 Å². The third-order valence-electron chi connectivity index (χ3n) is 5.52. The molecule has 35 heavy (non-hydrogen) atoms. The summed E-state index contributed by atoms with van der Waals surface area (Å²) in [5.41, 5.74) is 6.79. The van der Waals surface area contributed by atoms with Crippen LogP contribution in [0.3, 0.4) is 0 Å². The molecule has 9 nitrogen and oxygen atoms in total. The first-order chi connectivity index (χ1) is 16.9. The highest BCUT2D eigenvalue weighted by atomic mass is 16.5. The van der Waals surface area contributed by atoms with Crippen LogP contribution in [0.4, 0.5) is 11.5 Å². The van der Waals surface area contributed by atoms with E-state index < -0.39 is 5.91 Å². The molecule has 2 heterocycles. The van der Waals surface area contributed by atoms with E-state index in [1.807, 2.05) is 23.1 Å². The number of carbonyl (C=O) groups is 3. The van der Waals surface area contributed by atoms with E-state index in [-0.39, 0.29) is 29.3 Å². The zero-order chi connectivity index (χ0) is 24.8. The SMILES string of the molecule is C=CC(=O)N[C@H]1CCN(c2ccc(C(N)=O)c(Oc3ccc(C(=O)Nc4ccccc4)cc3)n2)C1. The maximum Gasteiger partial charge on any atom is 0.255 e. The van der Waals surface area contributed by atoms with E-state index in [4.69, 9.17) is 10.5 Å². The van der Waals surface area contributed by atoms with Gasteiger partial charge in [0, 0.05) is 30.4 Å². The van der Waals surface area contributed by atoms with Crippen molar-refractivity contribution in [1.29, 1.82) is 0 Å². The quantitative estimate of drug-likeness (QED) is 0.433. The average Bonchev–Trinajstić information content (AvgIpc) is 3.33. The van der Waals surface area contributed by atoms with Crippen molar-refractivity contribution in [3.8, 4) is 11.6 Å². The molecule has 3 amide bonds. The molecule has 1 aliphatic heterocycles. The van der Waals surface area contributed by atoms with Crippen LogP contribution in [0.1, 0.15) is 27.1 Å². The zero-order valence-corrected chi connectivity index (χ0v) is 18.9. The van der Waals surface area contributed by atoms with Gasteiger partial charge in [-0.15, -0.1) is 0 Å². The summed E-state index contributed by atoms with van der Waals surface area (Å²) in [6.45, 7) is 4.71. The Balaban J connectivity index is 1.48. The van der Waals surface area contributed by atoms with Crippen LogP contribution in [0.5, 0.6) is 11.6 Å². The molecule has 2 aromatic carbocycles. The summed E-state index contributed by atoms with van der Waals surface area (Å²) in [6.07, 6.45) is 1.99. The first-order valence-corrected chi connectivity index (χ1v) is 11.1. The van der Waals surface area contributed by atoms with E-state index in [0.29, 0.717) is 35.9 Å². The van der Waals surface area contributed by atoms with Gasteiger partial charge >= 0.3 is 0 Å². The number of hydrogen-bond acceptors (Lipinski definition) is 6. The third-order valence-corrected chi connectivity index (χ3v) is 5.52. The van der Waals surface area contributed by atoms with Crippen molar-refractivity contribution >= 4 is 29.2 Å². The topological polar surface area (TPSA) is 127 Å². The maximum atomic E-state index is 12.5. The number of nitrogens with zero attached hydrogens (tertiary/aromatic N) is 2. The minimum atomic E-state index is -0.671. The Bertz CT molecular complexity index is 1240. The van der Waals surface area contributed by atoms with Crippen LogP contribution >= 0.6 is 0 Å². The lowest BCUT2D eigenvalue weighted by molar-refractivity contribution is -0.117. The minimum absolute atomic E-state index is 0.0305. The molecule has 0 radical (unpaired) electrons. The van der Waals surface area contributed by atoms with Gasteiger partial charge in [-0.1, -0.05) is 24.8 Å². The molecule has 1 atom stereocenters. The van der Waals surface area contributed by atoms with Gasteiger partial charge in [0.25, 0.3) is 11.8 Å². The highest BCUT2D eigenvalue weighted by Gasteiger charge is 2.25. The fraction of sp³-hybridized carbons (Fsp3) is 0.154. The summed E-state index contributed by atoms with van der Waals surface area (Å²) < 4.78 is 5.88. The van der Waals surface area contributed by atoms with E-state index in [1.165, 1.54) is 6.08 Å². The Labute approximate surface area is 202 Å². The van der Waals surface area contributed by atoms with Crippen LogP contribution < -0.4 is 26.0 Å². The molecule has 0 saturated carbocycles. The van der Waals surface area contributed by atoms with Gasteiger partial charge in [0.05, 0.1) is 0 Å². The Morgan fingerprint density at radius 1 is 1.06 bits per heavy atom. The van der Waals surface area contributed by atoms with Crippen molar-refractivity contribution in [2.45, 2.75) is 12.5 Å². The van der Waals surface area contributed by atoms with Gasteiger partial charge in [0.2, 0.25) is 11.8 Å². The molecule has 178 valence electrons. The van der Waals surface area contributed by atoms with E-state index in [9.17, 15) is 14.4 Å². The largest absolute Gasteiger partial charge is 0.438 e. The third kappa shape index (κ3) is 5.83. The van der Waals surface area contributed by atoms with Crippen LogP contribution in [0, 0.1) is 0 Å². The average molecular weight is 472 g/mol. The van der Waals surface area contributed by atoms with Crippen molar-refractivity contribution in [3.63, 3.8) is 0 Å². The van der Waals surface area contributed by atoms with Crippen molar-refractivity contribution in [1.82, 2.24) is 10.3 Å². The van der Waals surface area contributed by atoms with E-state index in [1.54, 1.807) is 48.5 Å². The number of pyridine rings is 1. The van der Waals surface area contributed by atoms with Gasteiger partial charge in [-0.2, -0.15) is 4.98 Å². The lowest BCUT2D eigenvalue weighted by Crippen LogP contribution is -2.36. The van der Waals surface area contributed by atoms with Crippen LogP contribution in [-0.2, 0) is 4.79 Å². The van der Waals surface area contributed by atoms with Crippen molar-refractivity contribution in [2.24, 2.45) is 5.73 Å². The van der Waals surface area contributed by atoms with Crippen LogP contribution in [-0.4, -0.2) is 41.8 Å². The Morgan fingerprint density at radius 3 is 2.49 bits per heavy atom. The predicted octanol–water partition coefficient (Wildman–Crippen LogP) is 3.11. The molecule has 3 aromatic rings. The van der Waals surface area contributed by atoms with Gasteiger partial charge in [0.1, 0.15) is 17.1 Å². The molecule has 0 unspecified atom stereocenters. The summed E-state index contributed by atoms with van der Waals surface area (Å²) in [4.78, 5) is 42.5. The van der Waals surface area contributed by atoms with Crippen molar-refractivity contribution in [3.05, 3.63) is 90.5 Å². The molecule has 1 saturated heterocycles. The number of aromatic nitrogens is 1. The first kappa shape index (κ1) is 23.5. The highest BCUT2D eigenvalue weighted by molar-refractivity contribution is 6.04. The second-order valence-electron chi connectivity index (χ2n) is 7.98. The zero-order valence-electron chi connectivity index (χ0n) is 18.9. The number of rotatable bonds is 8. The number of anilines is 2. The smallest absolute Gasteiger partial charge is 0.255 e. The fourth-order valence-electron chi connectivity index (χ4n) is 3.73. The molecule has 0 bridgehead atoms. The van der Waals surface area contributed by atoms with Gasteiger partial charge < -0.3 is 26.0 Å². The number of amides is 3. The molecule has 4 N–H and O–H groups in total. The van der Waals surface area contributed by atoms with Crippen molar-refractivity contribution in [2.75, 3.05) is 23.3 Å². The first-order valence-electron chi connectivity index (χ1n) is 11.1. The molecular formula is C26H25N5O4. The fourth-order valence-corrected chi connectivity index (χ4v) is 3.73. The number of benzene rings is 2. The number of carbonyl (C=O) groups excluding carboxylic acids is 3. The normalized spacial score (nSPS) is 14.7. The predicted molar refractivity (Wildman–Crippen MR) is 133 cm³/mol. The summed E-state index contributed by atoms with van der Waals surface area (Å²) in [5.74, 6) is -0.0951. The standard InChI is InChI=1S/C26H25N5O4/c1-2-23(32)28-19-14-15-31(16-19)22-13-12-21(24(27)33)26(30-22)35-20-10-8-17(9-11-20)25(34)29-18-6-4-3-5-7-18/h2-13,19H,1,14-16H2,(H2,27,33)(H,28,32)(H,29,34)/t19-/m0/s1. The van der Waals surface area contributed by atoms with Gasteiger partial charge in [0.15, 0.2) is 0 Å². The lowest BCUT2D eigenvalue weighted by Gasteiger charge is -2.19. The van der Waals surface area contributed by atoms with Crippen LogP contribution in [0.25, 0.3) is 0 Å². The maximum absolute atomic E-state index is 12.5. The highest BCUT2D eigenvalue weighted by Crippen LogP contribution is 2.28. The van der Waals surface area contributed by atoms with Gasteiger partial charge in [-0.3, -0.25) is 14.4 Å². The summed E-state index contributed by atoms with van der Waals surface area (Å²) in [6, 6.07) is 18.9. The number of hydrogen-bond donors (Lipinski definition) is 3. The molecule has 1 aliphatic rings. The Hall–Kier alpha value is -4.66. The number of para-hydroxylation sites is 1. The Morgan fingerprint density at radius 2 is 1.80 bits per heavy atom.